The molecule has 0 bridgehead atoms. The van der Waals surface area contributed by atoms with E-state index >= 15 is 0 Å². The maximum absolute atomic E-state index is 12.6. The molecular formula is C15H20N2O2. The van der Waals surface area contributed by atoms with Crippen molar-refractivity contribution in [1.29, 1.82) is 0 Å². The predicted octanol–water partition coefficient (Wildman–Crippen LogP) is 3.44. The molecule has 0 atom stereocenters. The highest BCUT2D eigenvalue weighted by atomic mass is 16.5. The summed E-state index contributed by atoms with van der Waals surface area (Å²) in [4.78, 5) is 12.2. The van der Waals surface area contributed by atoms with Crippen molar-refractivity contribution in [3.05, 3.63) is 51.7 Å². The third kappa shape index (κ3) is 1.96. The molecule has 0 saturated carbocycles. The first kappa shape index (κ1) is 13.7. The Hall–Kier alpha value is -1.68. The highest BCUT2D eigenvalue weighted by Crippen LogP contribution is 2.40. The van der Waals surface area contributed by atoms with Gasteiger partial charge in [-0.05, 0) is 20.8 Å². The Morgan fingerprint density at radius 2 is 1.63 bits per heavy atom. The number of nitroso groups, excluding NO2 is 1. The van der Waals surface area contributed by atoms with Crippen LogP contribution >= 0.6 is 0 Å². The van der Waals surface area contributed by atoms with Gasteiger partial charge in [-0.2, -0.15) is 0 Å². The first-order valence-corrected chi connectivity index (χ1v) is 6.40. The lowest BCUT2D eigenvalue weighted by atomic mass is 9.80. The molecule has 0 aliphatic carbocycles. The Labute approximate surface area is 113 Å². The van der Waals surface area contributed by atoms with Crippen LogP contribution in [-0.2, 0) is 0 Å². The Morgan fingerprint density at radius 3 is 2.16 bits per heavy atom. The van der Waals surface area contributed by atoms with Crippen molar-refractivity contribution in [3.8, 4) is 0 Å². The molecule has 0 spiro atoms. The molecule has 1 heterocycles. The normalized spacial score (nSPS) is 21.3. The fourth-order valence-electron chi connectivity index (χ4n) is 2.06. The Bertz CT molecular complexity index is 542. The summed E-state index contributed by atoms with van der Waals surface area (Å²) in [7, 11) is 0. The van der Waals surface area contributed by atoms with Crippen LogP contribution in [0.1, 0.15) is 38.8 Å². The predicted molar refractivity (Wildman–Crippen MR) is 76.1 cm³/mol. The SMILES string of the molecule is Cc1ccc(C2=C[N+](=O)C(C)(C)C(C)(C)N2[O-])cc1. The van der Waals surface area contributed by atoms with E-state index in [2.05, 4.69) is 0 Å². The molecule has 102 valence electrons. The second-order valence-electron chi connectivity index (χ2n) is 6.12. The van der Waals surface area contributed by atoms with Crippen LogP contribution in [0.2, 0.25) is 0 Å². The first-order valence-electron chi connectivity index (χ1n) is 6.40. The van der Waals surface area contributed by atoms with Gasteiger partial charge in [0.1, 0.15) is 5.70 Å². The lowest BCUT2D eigenvalue weighted by Gasteiger charge is -2.52. The van der Waals surface area contributed by atoms with Crippen molar-refractivity contribution < 1.29 is 4.76 Å². The van der Waals surface area contributed by atoms with E-state index in [0.717, 1.165) is 21.0 Å². The number of aryl methyl sites for hydroxylation is 1. The van der Waals surface area contributed by atoms with Gasteiger partial charge in [0.15, 0.2) is 0 Å². The largest absolute Gasteiger partial charge is 0.758 e. The van der Waals surface area contributed by atoms with Crippen molar-refractivity contribution in [2.75, 3.05) is 0 Å². The number of hydrogen-bond donors (Lipinski definition) is 0. The highest BCUT2D eigenvalue weighted by Gasteiger charge is 2.54. The number of rotatable bonds is 1. The van der Waals surface area contributed by atoms with E-state index in [-0.39, 0.29) is 0 Å². The molecule has 0 amide bonds. The third-order valence-corrected chi connectivity index (χ3v) is 4.36. The standard InChI is InChI=1S/C15H20N2O2/c1-11-6-8-12(9-7-11)13-10-16(18)14(2,3)15(4,5)17(13)19/h6-10H,1-5H3. The van der Waals surface area contributed by atoms with Crippen LogP contribution in [0.25, 0.3) is 5.70 Å². The quantitative estimate of drug-likeness (QED) is 0.727. The van der Waals surface area contributed by atoms with Gasteiger partial charge in [0, 0.05) is 29.1 Å². The van der Waals surface area contributed by atoms with E-state index in [4.69, 9.17) is 0 Å². The minimum absolute atomic E-state index is 0.416. The van der Waals surface area contributed by atoms with Crippen molar-refractivity contribution in [1.82, 2.24) is 5.06 Å². The number of nitrogens with zero attached hydrogens (tertiary/aromatic N) is 2. The molecule has 1 aromatic rings. The van der Waals surface area contributed by atoms with Crippen molar-refractivity contribution in [2.24, 2.45) is 0 Å². The fourth-order valence-corrected chi connectivity index (χ4v) is 2.06. The van der Waals surface area contributed by atoms with Crippen molar-refractivity contribution in [2.45, 2.75) is 45.7 Å². The Morgan fingerprint density at radius 1 is 1.11 bits per heavy atom. The summed E-state index contributed by atoms with van der Waals surface area (Å²) in [5, 5.41) is 13.5. The van der Waals surface area contributed by atoms with E-state index in [1.807, 2.05) is 31.2 Å². The molecule has 1 aliphatic heterocycles. The summed E-state index contributed by atoms with van der Waals surface area (Å²) in [6, 6.07) is 7.61. The number of hydroxylamine groups is 2. The van der Waals surface area contributed by atoms with E-state index < -0.39 is 11.1 Å². The van der Waals surface area contributed by atoms with Gasteiger partial charge in [0.05, 0.1) is 5.54 Å². The van der Waals surface area contributed by atoms with Crippen molar-refractivity contribution in [3.63, 3.8) is 0 Å². The van der Waals surface area contributed by atoms with Crippen molar-refractivity contribution >= 4 is 5.70 Å². The molecule has 2 rings (SSSR count). The van der Waals surface area contributed by atoms with Gasteiger partial charge in [0.2, 0.25) is 11.7 Å². The van der Waals surface area contributed by atoms with Crippen LogP contribution in [0.3, 0.4) is 0 Å². The molecule has 19 heavy (non-hydrogen) atoms. The lowest BCUT2D eigenvalue weighted by molar-refractivity contribution is -0.580. The van der Waals surface area contributed by atoms with Gasteiger partial charge in [0.25, 0.3) is 0 Å². The molecular weight excluding hydrogens is 240 g/mol. The van der Waals surface area contributed by atoms with Gasteiger partial charge in [-0.15, -0.1) is 0 Å². The smallest absolute Gasteiger partial charge is 0.244 e. The molecule has 4 heteroatoms. The Kier molecular flexibility index (Phi) is 3.01. The molecule has 0 unspecified atom stereocenters. The average molecular weight is 260 g/mol. The van der Waals surface area contributed by atoms with Crippen LogP contribution in [0.5, 0.6) is 0 Å². The van der Waals surface area contributed by atoms with Crippen LogP contribution in [0.4, 0.5) is 0 Å². The number of hydrogen-bond acceptors (Lipinski definition) is 3. The molecule has 1 aliphatic rings. The maximum atomic E-state index is 12.6. The van der Waals surface area contributed by atoms with E-state index in [9.17, 15) is 10.1 Å². The first-order chi connectivity index (χ1) is 8.68. The summed E-state index contributed by atoms with van der Waals surface area (Å²) >= 11 is 0. The van der Waals surface area contributed by atoms with Crippen LogP contribution in [0.15, 0.2) is 30.5 Å². The molecule has 0 radical (unpaired) electrons. The zero-order valence-electron chi connectivity index (χ0n) is 12.1. The van der Waals surface area contributed by atoms with E-state index in [0.29, 0.717) is 5.70 Å². The highest BCUT2D eigenvalue weighted by molar-refractivity contribution is 5.65. The summed E-state index contributed by atoms with van der Waals surface area (Å²) in [5.41, 5.74) is 0.729. The summed E-state index contributed by atoms with van der Waals surface area (Å²) in [6.45, 7) is 9.15. The minimum atomic E-state index is -0.802. The van der Waals surface area contributed by atoms with E-state index in [1.54, 1.807) is 27.7 Å². The second kappa shape index (κ2) is 4.17. The molecule has 1 aromatic carbocycles. The molecule has 0 saturated heterocycles. The van der Waals surface area contributed by atoms with Gasteiger partial charge in [-0.25, -0.2) is 0 Å². The topological polar surface area (TPSA) is 46.4 Å². The Balaban J connectivity index is 2.53. The molecule has 0 fully saturated rings. The molecule has 0 aromatic heterocycles. The zero-order chi connectivity index (χ0) is 14.4. The van der Waals surface area contributed by atoms with Gasteiger partial charge in [-0.3, -0.25) is 0 Å². The molecule has 4 nitrogen and oxygen atoms in total. The second-order valence-corrected chi connectivity index (χ2v) is 6.12. The number of benzene rings is 1. The third-order valence-electron chi connectivity index (χ3n) is 4.36. The summed E-state index contributed by atoms with van der Waals surface area (Å²) in [5.74, 6) is 0. The van der Waals surface area contributed by atoms with Gasteiger partial charge >= 0.3 is 0 Å². The van der Waals surface area contributed by atoms with Crippen LogP contribution < -0.4 is 0 Å². The van der Waals surface area contributed by atoms with E-state index in [1.165, 1.54) is 6.20 Å². The monoisotopic (exact) mass is 260 g/mol. The fraction of sp³-hybridized carbons (Fsp3) is 0.467. The lowest BCUT2D eigenvalue weighted by Crippen LogP contribution is -2.61. The van der Waals surface area contributed by atoms with Crippen LogP contribution in [0, 0.1) is 17.0 Å². The molecule has 0 N–H and O–H groups in total. The summed E-state index contributed by atoms with van der Waals surface area (Å²) in [6.07, 6.45) is 1.39. The van der Waals surface area contributed by atoms with Gasteiger partial charge in [-0.1, -0.05) is 29.8 Å². The zero-order valence-corrected chi connectivity index (χ0v) is 12.1. The maximum Gasteiger partial charge on any atom is 0.244 e. The minimum Gasteiger partial charge on any atom is -0.758 e. The van der Waals surface area contributed by atoms with Crippen LogP contribution in [-0.4, -0.2) is 20.9 Å². The average Bonchev–Trinajstić information content (AvgIpc) is 2.34. The van der Waals surface area contributed by atoms with Gasteiger partial charge < -0.3 is 10.3 Å². The summed E-state index contributed by atoms with van der Waals surface area (Å²) < 4.78 is 0.886.